The Morgan fingerprint density at radius 2 is 2.07 bits per heavy atom. The molecule has 0 amide bonds. The van der Waals surface area contributed by atoms with Gasteiger partial charge in [0.25, 0.3) is 0 Å². The molecule has 0 aromatic heterocycles. The number of likely N-dealkylation sites (N-methyl/N-ethyl adjacent to an activating group) is 1. The lowest BCUT2D eigenvalue weighted by molar-refractivity contribution is 0.251. The van der Waals surface area contributed by atoms with Crippen LogP contribution in [0.5, 0.6) is 5.75 Å². The normalized spacial score (nSPS) is 10.0. The molecule has 1 aromatic carbocycles. The molecule has 0 radical (unpaired) electrons. The monoisotopic (exact) mass is 207 g/mol. The van der Waals surface area contributed by atoms with E-state index in [2.05, 4.69) is 5.92 Å². The molecule has 0 atom stereocenters. The van der Waals surface area contributed by atoms with Crippen molar-refractivity contribution in [3.63, 3.8) is 0 Å². The molecule has 0 spiro atoms. The highest BCUT2D eigenvalue weighted by Gasteiger charge is 1.97. The second kappa shape index (κ2) is 6.05. The van der Waals surface area contributed by atoms with E-state index in [0.717, 1.165) is 6.54 Å². The molecule has 0 unspecified atom stereocenters. The first-order valence-corrected chi connectivity index (χ1v) is 4.73. The summed E-state index contributed by atoms with van der Waals surface area (Å²) in [4.78, 5) is 1.98. The molecule has 15 heavy (non-hydrogen) atoms. The summed E-state index contributed by atoms with van der Waals surface area (Å²) in [6.07, 6.45) is 5.15. The summed E-state index contributed by atoms with van der Waals surface area (Å²) >= 11 is 0. The Morgan fingerprint density at radius 3 is 2.67 bits per heavy atom. The molecule has 0 saturated heterocycles. The minimum absolute atomic E-state index is 0.258. The van der Waals surface area contributed by atoms with E-state index < -0.39 is 0 Å². The van der Waals surface area contributed by atoms with Crippen molar-refractivity contribution in [1.29, 1.82) is 0 Å². The van der Waals surface area contributed by atoms with Gasteiger partial charge in [0.15, 0.2) is 0 Å². The van der Waals surface area contributed by atoms with E-state index in [1.54, 1.807) is 12.1 Å². The van der Waals surface area contributed by atoms with Gasteiger partial charge in [-0.25, -0.2) is 4.39 Å². The third-order valence-corrected chi connectivity index (χ3v) is 1.92. The van der Waals surface area contributed by atoms with Crippen LogP contribution in [0.15, 0.2) is 24.3 Å². The van der Waals surface area contributed by atoms with Crippen LogP contribution < -0.4 is 4.74 Å². The van der Waals surface area contributed by atoms with E-state index in [-0.39, 0.29) is 5.82 Å². The van der Waals surface area contributed by atoms with Crippen LogP contribution in [-0.2, 0) is 0 Å². The number of terminal acetylenes is 1. The molecule has 0 bridgehead atoms. The van der Waals surface area contributed by atoms with E-state index >= 15 is 0 Å². The fraction of sp³-hybridized carbons (Fsp3) is 0.333. The van der Waals surface area contributed by atoms with Crippen LogP contribution in [0.1, 0.15) is 0 Å². The maximum Gasteiger partial charge on any atom is 0.123 e. The van der Waals surface area contributed by atoms with Crippen molar-refractivity contribution in [2.75, 3.05) is 26.7 Å². The average Bonchev–Trinajstić information content (AvgIpc) is 2.21. The Kier molecular flexibility index (Phi) is 4.65. The van der Waals surface area contributed by atoms with E-state index in [1.165, 1.54) is 12.1 Å². The summed E-state index contributed by atoms with van der Waals surface area (Å²) in [5.74, 6) is 2.96. The molecule has 1 aromatic rings. The Morgan fingerprint density at radius 1 is 1.40 bits per heavy atom. The fourth-order valence-corrected chi connectivity index (χ4v) is 1.09. The van der Waals surface area contributed by atoms with Crippen LogP contribution >= 0.6 is 0 Å². The lowest BCUT2D eigenvalue weighted by atomic mass is 10.3. The Labute approximate surface area is 89.7 Å². The van der Waals surface area contributed by atoms with Gasteiger partial charge in [0.1, 0.15) is 18.2 Å². The molecule has 0 aliphatic heterocycles. The van der Waals surface area contributed by atoms with Gasteiger partial charge in [-0.3, -0.25) is 4.90 Å². The van der Waals surface area contributed by atoms with Crippen molar-refractivity contribution >= 4 is 0 Å². The third-order valence-electron chi connectivity index (χ3n) is 1.92. The first-order chi connectivity index (χ1) is 7.22. The van der Waals surface area contributed by atoms with Crippen LogP contribution in [0.25, 0.3) is 0 Å². The number of nitrogens with zero attached hydrogens (tertiary/aromatic N) is 1. The van der Waals surface area contributed by atoms with Gasteiger partial charge in [-0.1, -0.05) is 5.92 Å². The Balaban J connectivity index is 2.26. The SMILES string of the molecule is C#CCN(C)CCOc1ccc(F)cc1. The van der Waals surface area contributed by atoms with Crippen LogP contribution in [0, 0.1) is 18.2 Å². The van der Waals surface area contributed by atoms with Crippen LogP contribution in [0.2, 0.25) is 0 Å². The molecule has 0 aliphatic carbocycles. The number of halogens is 1. The van der Waals surface area contributed by atoms with E-state index in [9.17, 15) is 4.39 Å². The topological polar surface area (TPSA) is 12.5 Å². The summed E-state index contributed by atoms with van der Waals surface area (Å²) in [7, 11) is 1.92. The fourth-order valence-electron chi connectivity index (χ4n) is 1.09. The molecule has 0 aliphatic rings. The average molecular weight is 207 g/mol. The molecule has 0 fully saturated rings. The highest BCUT2D eigenvalue weighted by Crippen LogP contribution is 2.10. The summed E-state index contributed by atoms with van der Waals surface area (Å²) < 4.78 is 18.0. The summed E-state index contributed by atoms with van der Waals surface area (Å²) in [5.41, 5.74) is 0. The molecular formula is C12H14FNO. The summed E-state index contributed by atoms with van der Waals surface area (Å²) in [5, 5.41) is 0. The van der Waals surface area contributed by atoms with E-state index in [4.69, 9.17) is 11.2 Å². The van der Waals surface area contributed by atoms with E-state index in [1.807, 2.05) is 11.9 Å². The predicted molar refractivity (Wildman–Crippen MR) is 58.2 cm³/mol. The molecule has 0 heterocycles. The molecule has 3 heteroatoms. The number of rotatable bonds is 5. The number of hydrogen-bond acceptors (Lipinski definition) is 2. The van der Waals surface area contributed by atoms with Crippen LogP contribution in [0.3, 0.4) is 0 Å². The van der Waals surface area contributed by atoms with Gasteiger partial charge in [0, 0.05) is 6.54 Å². The Bertz CT molecular complexity index is 328. The largest absolute Gasteiger partial charge is 0.492 e. The quantitative estimate of drug-likeness (QED) is 0.682. The number of hydrogen-bond donors (Lipinski definition) is 0. The molecule has 2 nitrogen and oxygen atoms in total. The molecule has 0 saturated carbocycles. The highest BCUT2D eigenvalue weighted by atomic mass is 19.1. The van der Waals surface area contributed by atoms with Crippen LogP contribution in [0.4, 0.5) is 4.39 Å². The standard InChI is InChI=1S/C12H14FNO/c1-3-8-14(2)9-10-15-12-6-4-11(13)5-7-12/h1,4-7H,8-10H2,2H3. The number of ether oxygens (including phenoxy) is 1. The maximum atomic E-state index is 12.6. The van der Waals surface area contributed by atoms with Crippen molar-refractivity contribution in [1.82, 2.24) is 4.90 Å². The second-order valence-electron chi connectivity index (χ2n) is 3.24. The predicted octanol–water partition coefficient (Wildman–Crippen LogP) is 1.77. The minimum Gasteiger partial charge on any atom is -0.492 e. The third kappa shape index (κ3) is 4.48. The molecule has 0 N–H and O–H groups in total. The van der Waals surface area contributed by atoms with Crippen molar-refractivity contribution in [2.45, 2.75) is 0 Å². The second-order valence-corrected chi connectivity index (χ2v) is 3.24. The van der Waals surface area contributed by atoms with Gasteiger partial charge in [0.05, 0.1) is 6.54 Å². The number of benzene rings is 1. The smallest absolute Gasteiger partial charge is 0.123 e. The minimum atomic E-state index is -0.258. The molecular weight excluding hydrogens is 193 g/mol. The van der Waals surface area contributed by atoms with Crippen LogP contribution in [-0.4, -0.2) is 31.6 Å². The van der Waals surface area contributed by atoms with Crippen molar-refractivity contribution < 1.29 is 9.13 Å². The van der Waals surface area contributed by atoms with E-state index in [0.29, 0.717) is 18.9 Å². The van der Waals surface area contributed by atoms with Crippen molar-refractivity contribution in [2.24, 2.45) is 0 Å². The first-order valence-electron chi connectivity index (χ1n) is 4.73. The van der Waals surface area contributed by atoms with Gasteiger partial charge >= 0.3 is 0 Å². The zero-order valence-electron chi connectivity index (χ0n) is 8.74. The van der Waals surface area contributed by atoms with Gasteiger partial charge < -0.3 is 4.74 Å². The highest BCUT2D eigenvalue weighted by molar-refractivity contribution is 5.21. The summed E-state index contributed by atoms with van der Waals surface area (Å²) in [6.45, 7) is 1.90. The zero-order chi connectivity index (χ0) is 11.1. The molecule has 1 rings (SSSR count). The van der Waals surface area contributed by atoms with Gasteiger partial charge in [0.2, 0.25) is 0 Å². The Hall–Kier alpha value is -1.53. The lowest BCUT2D eigenvalue weighted by Gasteiger charge is -2.13. The molecule has 80 valence electrons. The van der Waals surface area contributed by atoms with Gasteiger partial charge in [-0.2, -0.15) is 0 Å². The van der Waals surface area contributed by atoms with Gasteiger partial charge in [-0.05, 0) is 31.3 Å². The lowest BCUT2D eigenvalue weighted by Crippen LogP contribution is -2.24. The summed E-state index contributed by atoms with van der Waals surface area (Å²) in [6, 6.07) is 5.97. The first kappa shape index (κ1) is 11.5. The zero-order valence-corrected chi connectivity index (χ0v) is 8.74. The maximum absolute atomic E-state index is 12.6. The van der Waals surface area contributed by atoms with Gasteiger partial charge in [-0.15, -0.1) is 6.42 Å². The van der Waals surface area contributed by atoms with Crippen molar-refractivity contribution in [3.05, 3.63) is 30.1 Å². The van der Waals surface area contributed by atoms with Crippen molar-refractivity contribution in [3.8, 4) is 18.1 Å².